The number of carbonyl (C=O) groups is 2. The van der Waals surface area contributed by atoms with Gasteiger partial charge in [0.25, 0.3) is 5.78 Å². The maximum absolute atomic E-state index is 13.9. The van der Waals surface area contributed by atoms with Gasteiger partial charge >= 0.3 is 5.91 Å². The number of aliphatic hydroxyl groups excluding tert-OH is 1. The molecule has 1 saturated heterocycles. The number of carbonyl (C=O) groups excluding carboxylic acids is 2. The maximum Gasteiger partial charge on any atom is 0.301 e. The summed E-state index contributed by atoms with van der Waals surface area (Å²) in [5.74, 6) is -2.26. The van der Waals surface area contributed by atoms with Crippen molar-refractivity contribution >= 4 is 23.3 Å². The van der Waals surface area contributed by atoms with Crippen LogP contribution < -0.4 is 4.90 Å². The van der Waals surface area contributed by atoms with Crippen LogP contribution in [0.15, 0.2) is 84.6 Å². The van der Waals surface area contributed by atoms with Crippen molar-refractivity contribution in [3.63, 3.8) is 0 Å². The van der Waals surface area contributed by atoms with Crippen LogP contribution in [0.3, 0.4) is 0 Å². The van der Waals surface area contributed by atoms with Crippen LogP contribution in [0.25, 0.3) is 5.76 Å². The first-order chi connectivity index (χ1) is 13.6. The Morgan fingerprint density at radius 1 is 0.964 bits per heavy atom. The van der Waals surface area contributed by atoms with E-state index in [2.05, 4.69) is 4.98 Å². The number of rotatable bonds is 3. The fourth-order valence-electron chi connectivity index (χ4n) is 3.31. The Kier molecular flexibility index (Phi) is 4.45. The molecule has 0 aliphatic carbocycles. The molecule has 0 spiro atoms. The number of halogens is 1. The molecule has 1 fully saturated rings. The second-order valence-corrected chi connectivity index (χ2v) is 6.28. The van der Waals surface area contributed by atoms with Crippen molar-refractivity contribution in [2.24, 2.45) is 0 Å². The number of nitrogens with zero attached hydrogens (tertiary/aromatic N) is 2. The lowest BCUT2D eigenvalue weighted by molar-refractivity contribution is -0.132. The number of amides is 1. The van der Waals surface area contributed by atoms with E-state index < -0.39 is 23.5 Å². The van der Waals surface area contributed by atoms with Gasteiger partial charge in [-0.1, -0.05) is 48.5 Å². The van der Waals surface area contributed by atoms with Crippen molar-refractivity contribution in [2.45, 2.75) is 6.04 Å². The number of hydrogen-bond donors (Lipinski definition) is 1. The second kappa shape index (κ2) is 7.08. The summed E-state index contributed by atoms with van der Waals surface area (Å²) in [4.78, 5) is 31.0. The first-order valence-electron chi connectivity index (χ1n) is 8.61. The Morgan fingerprint density at radius 2 is 1.71 bits per heavy atom. The zero-order valence-electron chi connectivity index (χ0n) is 14.6. The molecule has 1 aliphatic rings. The van der Waals surface area contributed by atoms with E-state index in [9.17, 15) is 19.1 Å². The third-order valence-electron chi connectivity index (χ3n) is 4.55. The molecule has 138 valence electrons. The topological polar surface area (TPSA) is 70.5 Å². The van der Waals surface area contributed by atoms with Gasteiger partial charge in [0.05, 0.1) is 11.6 Å². The molecule has 1 aliphatic heterocycles. The van der Waals surface area contributed by atoms with E-state index in [-0.39, 0.29) is 17.2 Å². The Balaban J connectivity index is 1.96. The number of hydrogen-bond acceptors (Lipinski definition) is 4. The van der Waals surface area contributed by atoms with Crippen LogP contribution in [0.1, 0.15) is 17.2 Å². The van der Waals surface area contributed by atoms with Crippen LogP contribution >= 0.6 is 0 Å². The number of ketones is 1. The van der Waals surface area contributed by atoms with E-state index in [4.69, 9.17) is 0 Å². The molecule has 2 heterocycles. The lowest BCUT2D eigenvalue weighted by Gasteiger charge is -2.24. The number of benzene rings is 2. The van der Waals surface area contributed by atoms with Gasteiger partial charge in [0.1, 0.15) is 17.4 Å². The van der Waals surface area contributed by atoms with Crippen LogP contribution in [0.4, 0.5) is 10.2 Å². The molecule has 28 heavy (non-hydrogen) atoms. The normalized spacial score (nSPS) is 18.5. The Hall–Kier alpha value is -3.80. The fraction of sp³-hybridized carbons (Fsp3) is 0.0455. The van der Waals surface area contributed by atoms with Crippen molar-refractivity contribution in [3.05, 3.63) is 102 Å². The second-order valence-electron chi connectivity index (χ2n) is 6.28. The van der Waals surface area contributed by atoms with E-state index in [1.807, 2.05) is 0 Å². The zero-order chi connectivity index (χ0) is 19.7. The summed E-state index contributed by atoms with van der Waals surface area (Å²) < 4.78 is 13.9. The van der Waals surface area contributed by atoms with Gasteiger partial charge in [-0.2, -0.15) is 0 Å². The zero-order valence-corrected chi connectivity index (χ0v) is 14.6. The first kappa shape index (κ1) is 17.6. The van der Waals surface area contributed by atoms with Crippen LogP contribution in [0.2, 0.25) is 0 Å². The molecule has 0 radical (unpaired) electrons. The minimum absolute atomic E-state index is 0.104. The Morgan fingerprint density at radius 3 is 2.39 bits per heavy atom. The van der Waals surface area contributed by atoms with E-state index in [1.54, 1.807) is 54.6 Å². The molecule has 1 N–H and O–H groups in total. The number of Topliss-reactive ketones (excluding diaryl/α,β-unsaturated/α-hetero) is 1. The third-order valence-corrected chi connectivity index (χ3v) is 4.55. The molecular weight excluding hydrogens is 359 g/mol. The molecule has 1 aromatic heterocycles. The molecule has 0 unspecified atom stereocenters. The van der Waals surface area contributed by atoms with Crippen molar-refractivity contribution in [3.8, 4) is 0 Å². The molecular formula is C22H15FN2O3. The Bertz CT molecular complexity index is 1080. The average Bonchev–Trinajstić information content (AvgIpc) is 3.00. The summed E-state index contributed by atoms with van der Waals surface area (Å²) in [6.07, 6.45) is 1.49. The average molecular weight is 374 g/mol. The fourth-order valence-corrected chi connectivity index (χ4v) is 3.31. The van der Waals surface area contributed by atoms with Gasteiger partial charge in [0, 0.05) is 11.8 Å². The molecule has 2 aromatic carbocycles. The molecule has 6 heteroatoms. The minimum atomic E-state index is -0.995. The van der Waals surface area contributed by atoms with Gasteiger partial charge in [-0.25, -0.2) is 9.37 Å². The van der Waals surface area contributed by atoms with Crippen molar-refractivity contribution in [1.82, 2.24) is 4.98 Å². The van der Waals surface area contributed by atoms with E-state index in [1.165, 1.54) is 29.3 Å². The highest BCUT2D eigenvalue weighted by Gasteiger charge is 2.47. The highest BCUT2D eigenvalue weighted by Crippen LogP contribution is 2.41. The van der Waals surface area contributed by atoms with Crippen LogP contribution in [0, 0.1) is 5.82 Å². The molecule has 3 aromatic rings. The van der Waals surface area contributed by atoms with Gasteiger partial charge < -0.3 is 5.11 Å². The smallest absolute Gasteiger partial charge is 0.301 e. The molecule has 1 atom stereocenters. The predicted molar refractivity (Wildman–Crippen MR) is 102 cm³/mol. The molecule has 0 bridgehead atoms. The van der Waals surface area contributed by atoms with Crippen molar-refractivity contribution < 1.29 is 19.1 Å². The third kappa shape index (κ3) is 2.95. The summed E-state index contributed by atoms with van der Waals surface area (Å²) >= 11 is 0. The van der Waals surface area contributed by atoms with Gasteiger partial charge in [-0.05, 0) is 29.8 Å². The van der Waals surface area contributed by atoms with Gasteiger partial charge in [0.2, 0.25) is 0 Å². The summed E-state index contributed by atoms with van der Waals surface area (Å²) in [5, 5.41) is 10.8. The number of anilines is 1. The molecule has 5 nitrogen and oxygen atoms in total. The number of aliphatic hydroxyl groups is 1. The maximum atomic E-state index is 13.9. The first-order valence-corrected chi connectivity index (χ1v) is 8.61. The molecule has 1 amide bonds. The van der Waals surface area contributed by atoms with Crippen molar-refractivity contribution in [1.29, 1.82) is 0 Å². The van der Waals surface area contributed by atoms with E-state index in [0.29, 0.717) is 11.1 Å². The van der Waals surface area contributed by atoms with Crippen molar-refractivity contribution in [2.75, 3.05) is 4.90 Å². The lowest BCUT2D eigenvalue weighted by Crippen LogP contribution is -2.30. The summed E-state index contributed by atoms with van der Waals surface area (Å²) in [5.41, 5.74) is 0.651. The highest BCUT2D eigenvalue weighted by molar-refractivity contribution is 6.51. The number of aromatic nitrogens is 1. The molecule has 0 saturated carbocycles. The number of pyridine rings is 1. The standard InChI is InChI=1S/C22H15FN2O3/c23-16-10-6-9-15(13-16)19-18(20(26)14-7-2-1-3-8-14)21(27)22(28)25(19)17-11-4-5-12-24-17/h1-13,19,26H/b20-18+/t19-/m0/s1. The highest BCUT2D eigenvalue weighted by atomic mass is 19.1. The summed E-state index contributed by atoms with van der Waals surface area (Å²) in [6, 6.07) is 18.0. The minimum Gasteiger partial charge on any atom is -0.507 e. The predicted octanol–water partition coefficient (Wildman–Crippen LogP) is 3.85. The SMILES string of the molecule is O=C1C(=O)N(c2ccccn2)[C@@H](c2cccc(F)c2)/C1=C(\O)c1ccccc1. The quantitative estimate of drug-likeness (QED) is 0.430. The van der Waals surface area contributed by atoms with E-state index in [0.717, 1.165) is 0 Å². The largest absolute Gasteiger partial charge is 0.507 e. The Labute approximate surface area is 160 Å². The van der Waals surface area contributed by atoms with Crippen LogP contribution in [-0.2, 0) is 9.59 Å². The van der Waals surface area contributed by atoms with Crippen LogP contribution in [0.5, 0.6) is 0 Å². The van der Waals surface area contributed by atoms with Crippen LogP contribution in [-0.4, -0.2) is 21.8 Å². The summed E-state index contributed by atoms with van der Waals surface area (Å²) in [6.45, 7) is 0. The summed E-state index contributed by atoms with van der Waals surface area (Å²) in [7, 11) is 0. The van der Waals surface area contributed by atoms with Gasteiger partial charge in [-0.3, -0.25) is 14.5 Å². The molecule has 4 rings (SSSR count). The lowest BCUT2D eigenvalue weighted by atomic mass is 9.95. The van der Waals surface area contributed by atoms with E-state index >= 15 is 0 Å². The van der Waals surface area contributed by atoms with Gasteiger partial charge in [0.15, 0.2) is 0 Å². The van der Waals surface area contributed by atoms with Gasteiger partial charge in [-0.15, -0.1) is 0 Å². The monoisotopic (exact) mass is 374 g/mol.